The fraction of sp³-hybridized carbons (Fsp3) is 0.273. The fourth-order valence-electron chi connectivity index (χ4n) is 1.32. The highest BCUT2D eigenvalue weighted by Crippen LogP contribution is 2.22. The van der Waals surface area contributed by atoms with E-state index in [-0.39, 0.29) is 3.79 Å². The maximum atomic E-state index is 11.3. The molecular formula is C11H11IO2. The Bertz CT molecular complexity index is 370. The van der Waals surface area contributed by atoms with E-state index in [9.17, 15) is 9.59 Å². The second kappa shape index (κ2) is 4.68. The topological polar surface area (TPSA) is 34.1 Å². The lowest BCUT2D eigenvalue weighted by Crippen LogP contribution is -2.00. The molecule has 1 aromatic carbocycles. The van der Waals surface area contributed by atoms with Crippen LogP contribution in [0.25, 0.3) is 0 Å². The quantitative estimate of drug-likeness (QED) is 0.488. The lowest BCUT2D eigenvalue weighted by molar-refractivity contribution is 0.110. The molecule has 1 aromatic rings. The molecule has 0 radical (unpaired) electrons. The molecule has 0 amide bonds. The molecule has 1 rings (SSSR count). The summed E-state index contributed by atoms with van der Waals surface area (Å²) in [7, 11) is 0. The molecule has 14 heavy (non-hydrogen) atoms. The van der Waals surface area contributed by atoms with E-state index in [0.717, 1.165) is 11.8 Å². The molecule has 0 aliphatic rings. The Morgan fingerprint density at radius 3 is 2.50 bits per heavy atom. The van der Waals surface area contributed by atoms with Crippen molar-refractivity contribution in [3.8, 4) is 0 Å². The van der Waals surface area contributed by atoms with Crippen molar-refractivity contribution < 1.29 is 9.59 Å². The molecule has 0 heterocycles. The summed E-state index contributed by atoms with van der Waals surface area (Å²) < 4.78 is -0.0185. The summed E-state index contributed by atoms with van der Waals surface area (Å²) >= 11 is 1.75. The Labute approximate surface area is 96.8 Å². The van der Waals surface area contributed by atoms with Gasteiger partial charge in [-0.2, -0.15) is 0 Å². The van der Waals surface area contributed by atoms with Gasteiger partial charge in [0.15, 0.2) is 0 Å². The summed E-state index contributed by atoms with van der Waals surface area (Å²) in [5, 5.41) is 0. The molecule has 2 nitrogen and oxygen atoms in total. The Morgan fingerprint density at radius 2 is 2.07 bits per heavy atom. The van der Waals surface area contributed by atoms with Crippen LogP contribution in [0.2, 0.25) is 0 Å². The second-order valence-electron chi connectivity index (χ2n) is 3.39. The SMILES string of the molecule is CC(C)c1ccc(C=O)cc1C(=O)I. The fourth-order valence-corrected chi connectivity index (χ4v) is 1.79. The van der Waals surface area contributed by atoms with Gasteiger partial charge in [-0.1, -0.05) is 26.0 Å². The van der Waals surface area contributed by atoms with Crippen LogP contribution in [0.1, 0.15) is 46.0 Å². The van der Waals surface area contributed by atoms with Crippen LogP contribution in [0.15, 0.2) is 18.2 Å². The standard InChI is InChI=1S/C11H11IO2/c1-7(2)9-4-3-8(6-13)5-10(9)11(12)14/h3-7H,1-2H3. The molecule has 0 aromatic heterocycles. The van der Waals surface area contributed by atoms with Gasteiger partial charge in [0.2, 0.25) is 3.79 Å². The van der Waals surface area contributed by atoms with E-state index in [1.54, 1.807) is 34.7 Å². The van der Waals surface area contributed by atoms with Crippen LogP contribution in [0.3, 0.4) is 0 Å². The predicted octanol–water partition coefficient (Wildman–Crippen LogP) is 3.20. The average Bonchev–Trinajstić information content (AvgIpc) is 2.16. The maximum absolute atomic E-state index is 11.3. The van der Waals surface area contributed by atoms with Crippen molar-refractivity contribution in [1.29, 1.82) is 0 Å². The number of rotatable bonds is 3. The van der Waals surface area contributed by atoms with E-state index in [2.05, 4.69) is 0 Å². The summed E-state index contributed by atoms with van der Waals surface area (Å²) in [4.78, 5) is 21.9. The van der Waals surface area contributed by atoms with Crippen molar-refractivity contribution in [2.45, 2.75) is 19.8 Å². The monoisotopic (exact) mass is 302 g/mol. The van der Waals surface area contributed by atoms with Crippen LogP contribution < -0.4 is 0 Å². The zero-order valence-electron chi connectivity index (χ0n) is 8.08. The molecule has 74 valence electrons. The van der Waals surface area contributed by atoms with Gasteiger partial charge in [-0.05, 0) is 17.5 Å². The summed E-state index contributed by atoms with van der Waals surface area (Å²) in [5.74, 6) is 0.296. The smallest absolute Gasteiger partial charge is 0.222 e. The van der Waals surface area contributed by atoms with Gasteiger partial charge in [0, 0.05) is 33.7 Å². The van der Waals surface area contributed by atoms with Gasteiger partial charge < -0.3 is 0 Å². The highest BCUT2D eigenvalue weighted by Gasteiger charge is 2.11. The molecule has 0 fully saturated rings. The van der Waals surface area contributed by atoms with Crippen LogP contribution in [-0.2, 0) is 0 Å². The Balaban J connectivity index is 3.31. The maximum Gasteiger partial charge on any atom is 0.222 e. The first-order valence-corrected chi connectivity index (χ1v) is 5.43. The van der Waals surface area contributed by atoms with E-state index in [1.807, 2.05) is 19.9 Å². The summed E-state index contributed by atoms with van der Waals surface area (Å²) in [6.45, 7) is 4.05. The highest BCUT2D eigenvalue weighted by molar-refractivity contribution is 14.1. The minimum Gasteiger partial charge on any atom is -0.298 e. The molecule has 0 aliphatic carbocycles. The third-order valence-electron chi connectivity index (χ3n) is 2.05. The molecule has 3 heteroatoms. The van der Waals surface area contributed by atoms with Gasteiger partial charge >= 0.3 is 0 Å². The van der Waals surface area contributed by atoms with E-state index in [1.165, 1.54) is 0 Å². The van der Waals surface area contributed by atoms with Crippen LogP contribution >= 0.6 is 22.6 Å². The molecule has 0 saturated heterocycles. The Hall–Kier alpha value is -0.710. The third-order valence-corrected chi connectivity index (χ3v) is 2.63. The van der Waals surface area contributed by atoms with Crippen molar-refractivity contribution in [2.24, 2.45) is 0 Å². The number of benzene rings is 1. The van der Waals surface area contributed by atoms with E-state index in [4.69, 9.17) is 0 Å². The first-order chi connectivity index (χ1) is 6.56. The minimum absolute atomic E-state index is 0.0185. The normalized spacial score (nSPS) is 10.3. The average molecular weight is 302 g/mol. The minimum atomic E-state index is -0.0185. The zero-order chi connectivity index (χ0) is 10.7. The molecule has 0 bridgehead atoms. The van der Waals surface area contributed by atoms with Crippen molar-refractivity contribution in [3.63, 3.8) is 0 Å². The molecule has 0 unspecified atom stereocenters. The Kier molecular flexibility index (Phi) is 3.80. The van der Waals surface area contributed by atoms with Gasteiger partial charge in [-0.3, -0.25) is 9.59 Å². The summed E-state index contributed by atoms with van der Waals surface area (Å²) in [6.07, 6.45) is 0.757. The molecule has 0 atom stereocenters. The van der Waals surface area contributed by atoms with Crippen LogP contribution in [-0.4, -0.2) is 10.1 Å². The first kappa shape index (κ1) is 11.4. The molecular weight excluding hydrogens is 291 g/mol. The van der Waals surface area contributed by atoms with Crippen molar-refractivity contribution >= 4 is 32.7 Å². The second-order valence-corrected chi connectivity index (χ2v) is 4.37. The number of hydrogen-bond acceptors (Lipinski definition) is 2. The highest BCUT2D eigenvalue weighted by atomic mass is 127. The van der Waals surface area contributed by atoms with Crippen molar-refractivity contribution in [2.75, 3.05) is 0 Å². The first-order valence-electron chi connectivity index (χ1n) is 4.35. The van der Waals surface area contributed by atoms with Gasteiger partial charge in [0.05, 0.1) is 0 Å². The van der Waals surface area contributed by atoms with Gasteiger partial charge in [-0.15, -0.1) is 0 Å². The van der Waals surface area contributed by atoms with E-state index >= 15 is 0 Å². The predicted molar refractivity (Wildman–Crippen MR) is 64.3 cm³/mol. The van der Waals surface area contributed by atoms with Crippen LogP contribution in [0.4, 0.5) is 0 Å². The molecule has 0 aliphatic heterocycles. The van der Waals surface area contributed by atoms with Crippen molar-refractivity contribution in [3.05, 3.63) is 34.9 Å². The molecule has 0 N–H and O–H groups in total. The summed E-state index contributed by atoms with van der Waals surface area (Å²) in [6, 6.07) is 5.24. The van der Waals surface area contributed by atoms with E-state index < -0.39 is 0 Å². The third kappa shape index (κ3) is 2.41. The lowest BCUT2D eigenvalue weighted by Gasteiger charge is -2.09. The summed E-state index contributed by atoms with van der Waals surface area (Å²) in [5.41, 5.74) is 2.19. The largest absolute Gasteiger partial charge is 0.298 e. The van der Waals surface area contributed by atoms with Gasteiger partial charge in [0.1, 0.15) is 6.29 Å². The number of hydrogen-bond donors (Lipinski definition) is 0. The number of carbonyl (C=O) groups is 2. The van der Waals surface area contributed by atoms with E-state index in [0.29, 0.717) is 17.0 Å². The molecule has 0 spiro atoms. The zero-order valence-corrected chi connectivity index (χ0v) is 10.2. The van der Waals surface area contributed by atoms with Gasteiger partial charge in [0.25, 0.3) is 0 Å². The lowest BCUT2D eigenvalue weighted by atomic mass is 9.96. The van der Waals surface area contributed by atoms with Crippen LogP contribution in [0, 0.1) is 0 Å². The van der Waals surface area contributed by atoms with Crippen LogP contribution in [0.5, 0.6) is 0 Å². The number of carbonyl (C=O) groups excluding carboxylic acids is 2. The number of halogens is 1. The van der Waals surface area contributed by atoms with Crippen molar-refractivity contribution in [1.82, 2.24) is 0 Å². The van der Waals surface area contributed by atoms with Gasteiger partial charge in [-0.25, -0.2) is 0 Å². The number of aldehydes is 1. The molecule has 0 saturated carbocycles. The Morgan fingerprint density at radius 1 is 1.43 bits per heavy atom.